The van der Waals surface area contributed by atoms with Gasteiger partial charge in [-0.05, 0) is 17.7 Å². The summed E-state index contributed by atoms with van der Waals surface area (Å²) in [4.78, 5) is 14.5. The van der Waals surface area contributed by atoms with Crippen molar-refractivity contribution < 1.29 is 9.53 Å². The molecule has 0 fully saturated rings. The Hall–Kier alpha value is -1.79. The van der Waals surface area contributed by atoms with Crippen LogP contribution in [0.5, 0.6) is 0 Å². The average molecular weight is 284 g/mol. The zero-order chi connectivity index (χ0) is 14.1. The molecule has 1 amide bonds. The number of ether oxygens (including phenoxy) is 1. The molecule has 0 aromatic heterocycles. The van der Waals surface area contributed by atoms with Crippen LogP contribution in [0.2, 0.25) is 0 Å². The Morgan fingerprint density at radius 2 is 2.11 bits per heavy atom. The quantitative estimate of drug-likeness (QED) is 0.273. The van der Waals surface area contributed by atoms with Crippen molar-refractivity contribution in [2.45, 2.75) is 0 Å². The lowest BCUT2D eigenvalue weighted by Crippen LogP contribution is -2.26. The van der Waals surface area contributed by atoms with E-state index < -0.39 is 0 Å². The molecule has 2 N–H and O–H groups in total. The second-order valence-corrected chi connectivity index (χ2v) is 3.94. The van der Waals surface area contributed by atoms with Crippen LogP contribution in [0.25, 0.3) is 10.4 Å². The highest BCUT2D eigenvalue weighted by atomic mass is 35.5. The molecule has 0 saturated carbocycles. The highest BCUT2D eigenvalue weighted by molar-refractivity contribution is 6.24. The van der Waals surface area contributed by atoms with E-state index in [1.807, 2.05) is 0 Å². The molecule has 0 heterocycles. The highest BCUT2D eigenvalue weighted by Gasteiger charge is 2.13. The SMILES string of the molecule is [N-]=[N+]=Nc1ccc(C(=O)N(Cl)CCOCCN)cc1. The maximum atomic E-state index is 11.9. The monoisotopic (exact) mass is 283 g/mol. The summed E-state index contributed by atoms with van der Waals surface area (Å²) in [5, 5.41) is 3.41. The van der Waals surface area contributed by atoms with Gasteiger partial charge in [-0.15, -0.1) is 0 Å². The van der Waals surface area contributed by atoms with E-state index in [0.717, 1.165) is 4.42 Å². The molecular weight excluding hydrogens is 270 g/mol. The molecule has 0 unspecified atom stereocenters. The van der Waals surface area contributed by atoms with Gasteiger partial charge in [-0.2, -0.15) is 0 Å². The van der Waals surface area contributed by atoms with Gasteiger partial charge in [0.25, 0.3) is 5.91 Å². The molecule has 0 aliphatic heterocycles. The molecule has 1 aromatic rings. The van der Waals surface area contributed by atoms with E-state index in [1.165, 1.54) is 0 Å². The summed E-state index contributed by atoms with van der Waals surface area (Å²) in [5.41, 5.74) is 14.4. The van der Waals surface area contributed by atoms with Crippen LogP contribution in [0.15, 0.2) is 29.4 Å². The average Bonchev–Trinajstić information content (AvgIpc) is 2.44. The Bertz CT molecular complexity index is 459. The number of hydrogen-bond donors (Lipinski definition) is 1. The summed E-state index contributed by atoms with van der Waals surface area (Å²) in [6.07, 6.45) is 0. The molecule has 0 saturated heterocycles. The van der Waals surface area contributed by atoms with Crippen molar-refractivity contribution in [2.75, 3.05) is 26.3 Å². The molecule has 1 aromatic carbocycles. The molecule has 1 rings (SSSR count). The molecule has 7 nitrogen and oxygen atoms in total. The van der Waals surface area contributed by atoms with Crippen LogP contribution in [-0.4, -0.2) is 36.6 Å². The van der Waals surface area contributed by atoms with E-state index in [4.69, 9.17) is 27.8 Å². The second kappa shape index (κ2) is 8.34. The van der Waals surface area contributed by atoms with E-state index in [-0.39, 0.29) is 12.5 Å². The predicted octanol–water partition coefficient (Wildman–Crippen LogP) is 2.20. The number of rotatable bonds is 7. The van der Waals surface area contributed by atoms with Crippen molar-refractivity contribution in [3.63, 3.8) is 0 Å². The summed E-state index contributed by atoms with van der Waals surface area (Å²) < 4.78 is 6.17. The first-order valence-corrected chi connectivity index (χ1v) is 5.93. The van der Waals surface area contributed by atoms with Gasteiger partial charge in [0.05, 0.1) is 19.8 Å². The van der Waals surface area contributed by atoms with E-state index in [2.05, 4.69) is 10.0 Å². The number of carbonyl (C=O) groups is 1. The number of nitrogens with zero attached hydrogens (tertiary/aromatic N) is 4. The fraction of sp³-hybridized carbons (Fsp3) is 0.364. The number of nitrogens with two attached hydrogens (primary N) is 1. The van der Waals surface area contributed by atoms with E-state index in [0.29, 0.717) is 31.0 Å². The third-order valence-corrected chi connectivity index (χ3v) is 2.51. The highest BCUT2D eigenvalue weighted by Crippen LogP contribution is 2.15. The van der Waals surface area contributed by atoms with Gasteiger partial charge in [0.1, 0.15) is 0 Å². The van der Waals surface area contributed by atoms with E-state index >= 15 is 0 Å². The largest absolute Gasteiger partial charge is 0.378 e. The van der Waals surface area contributed by atoms with Crippen LogP contribution in [-0.2, 0) is 4.74 Å². The van der Waals surface area contributed by atoms with Gasteiger partial charge in [-0.25, -0.2) is 4.42 Å². The lowest BCUT2D eigenvalue weighted by molar-refractivity contribution is 0.0797. The first-order chi connectivity index (χ1) is 9.19. The summed E-state index contributed by atoms with van der Waals surface area (Å²) >= 11 is 5.84. The number of benzene rings is 1. The zero-order valence-corrected chi connectivity index (χ0v) is 11.0. The summed E-state index contributed by atoms with van der Waals surface area (Å²) in [6, 6.07) is 6.18. The van der Waals surface area contributed by atoms with Crippen LogP contribution < -0.4 is 5.73 Å². The third-order valence-electron chi connectivity index (χ3n) is 2.19. The van der Waals surface area contributed by atoms with E-state index in [9.17, 15) is 4.79 Å². The minimum Gasteiger partial charge on any atom is -0.378 e. The van der Waals surface area contributed by atoms with Gasteiger partial charge >= 0.3 is 0 Å². The fourth-order valence-corrected chi connectivity index (χ4v) is 1.46. The Morgan fingerprint density at radius 3 is 2.68 bits per heavy atom. The lowest BCUT2D eigenvalue weighted by atomic mass is 10.2. The lowest BCUT2D eigenvalue weighted by Gasteiger charge is -2.13. The van der Waals surface area contributed by atoms with Crippen LogP contribution in [0.1, 0.15) is 10.4 Å². The van der Waals surface area contributed by atoms with Gasteiger partial charge in [-0.1, -0.05) is 17.2 Å². The molecule has 0 aliphatic rings. The molecule has 0 aliphatic carbocycles. The molecule has 8 heteroatoms. The minimum atomic E-state index is -0.342. The number of azide groups is 1. The normalized spacial score (nSPS) is 9.79. The Balaban J connectivity index is 2.53. The van der Waals surface area contributed by atoms with Crippen molar-refractivity contribution in [1.82, 2.24) is 4.42 Å². The third kappa shape index (κ3) is 5.15. The molecule has 0 bridgehead atoms. The van der Waals surface area contributed by atoms with Crippen LogP contribution in [0.3, 0.4) is 0 Å². The smallest absolute Gasteiger partial charge is 0.268 e. The van der Waals surface area contributed by atoms with Crippen molar-refractivity contribution in [1.29, 1.82) is 0 Å². The summed E-state index contributed by atoms with van der Waals surface area (Å²) in [5.74, 6) is -0.342. The van der Waals surface area contributed by atoms with Crippen LogP contribution >= 0.6 is 11.8 Å². The van der Waals surface area contributed by atoms with Gasteiger partial charge in [0.15, 0.2) is 0 Å². The van der Waals surface area contributed by atoms with Crippen molar-refractivity contribution >= 4 is 23.4 Å². The fourth-order valence-electron chi connectivity index (χ4n) is 1.29. The Kier molecular flexibility index (Phi) is 6.70. The van der Waals surface area contributed by atoms with Crippen LogP contribution in [0, 0.1) is 0 Å². The topological polar surface area (TPSA) is 104 Å². The molecule has 19 heavy (non-hydrogen) atoms. The first kappa shape index (κ1) is 15.3. The molecule has 0 atom stereocenters. The Morgan fingerprint density at radius 1 is 1.42 bits per heavy atom. The number of halogens is 1. The van der Waals surface area contributed by atoms with Crippen molar-refractivity contribution in [3.8, 4) is 0 Å². The maximum Gasteiger partial charge on any atom is 0.268 e. The zero-order valence-electron chi connectivity index (χ0n) is 10.2. The van der Waals surface area contributed by atoms with Crippen LogP contribution in [0.4, 0.5) is 5.69 Å². The maximum absolute atomic E-state index is 11.9. The summed E-state index contributed by atoms with van der Waals surface area (Å²) in [7, 11) is 0. The standard InChI is InChI=1S/C11H14ClN5O2/c12-17(6-8-19-7-5-13)11(18)9-1-3-10(4-2-9)15-16-14/h1-4H,5-8,13H2. The van der Waals surface area contributed by atoms with Gasteiger partial charge in [0.2, 0.25) is 0 Å². The minimum absolute atomic E-state index is 0.262. The number of carbonyl (C=O) groups excluding carboxylic acids is 1. The molecular formula is C11H14ClN5O2. The van der Waals surface area contributed by atoms with E-state index in [1.54, 1.807) is 24.3 Å². The Labute approximate surface area is 115 Å². The van der Waals surface area contributed by atoms with Gasteiger partial charge in [0, 0.05) is 34.5 Å². The number of hydrogen-bond acceptors (Lipinski definition) is 4. The molecule has 0 spiro atoms. The van der Waals surface area contributed by atoms with Gasteiger partial charge < -0.3 is 10.5 Å². The first-order valence-electron chi connectivity index (χ1n) is 5.59. The second-order valence-electron chi connectivity index (χ2n) is 3.53. The van der Waals surface area contributed by atoms with Gasteiger partial charge in [-0.3, -0.25) is 4.79 Å². The predicted molar refractivity (Wildman–Crippen MR) is 72.0 cm³/mol. The van der Waals surface area contributed by atoms with Crippen molar-refractivity contribution in [2.24, 2.45) is 10.8 Å². The molecule has 0 radical (unpaired) electrons. The molecule has 102 valence electrons. The summed E-state index contributed by atoms with van der Waals surface area (Å²) in [6.45, 7) is 1.44. The number of amides is 1. The van der Waals surface area contributed by atoms with Crippen molar-refractivity contribution in [3.05, 3.63) is 40.3 Å².